The average molecular weight is 293 g/mol. The quantitative estimate of drug-likeness (QED) is 0.439. The van der Waals surface area contributed by atoms with Crippen LogP contribution in [0.1, 0.15) is 31.4 Å². The molecule has 4 heteroatoms. The zero-order valence-electron chi connectivity index (χ0n) is 12.9. The van der Waals surface area contributed by atoms with Gasteiger partial charge in [0.05, 0.1) is 11.6 Å². The lowest BCUT2D eigenvalue weighted by Crippen LogP contribution is -1.98. The zero-order valence-corrected chi connectivity index (χ0v) is 12.9. The van der Waals surface area contributed by atoms with Gasteiger partial charge in [0.1, 0.15) is 5.69 Å². The number of hydrogen-bond acceptors (Lipinski definition) is 3. The monoisotopic (exact) mass is 293 g/mol. The molecule has 0 saturated heterocycles. The normalized spacial score (nSPS) is 12.7. The highest BCUT2D eigenvalue weighted by molar-refractivity contribution is 5.42. The zero-order chi connectivity index (χ0) is 15.9. The average Bonchev–Trinajstić information content (AvgIpc) is 2.56. The molecule has 0 aliphatic carbocycles. The van der Waals surface area contributed by atoms with Gasteiger partial charge in [0.2, 0.25) is 5.69 Å². The van der Waals surface area contributed by atoms with E-state index in [2.05, 4.69) is 19.0 Å². The molecule has 0 aliphatic heterocycles. The van der Waals surface area contributed by atoms with Crippen LogP contribution >= 0.6 is 0 Å². The third kappa shape index (κ3) is 4.16. The molecule has 0 aromatic heterocycles. The Labute approximate surface area is 130 Å². The van der Waals surface area contributed by atoms with Crippen molar-refractivity contribution in [1.29, 1.82) is 5.26 Å². The molecule has 2 aromatic rings. The van der Waals surface area contributed by atoms with Gasteiger partial charge in [-0.2, -0.15) is 5.26 Å². The lowest BCUT2D eigenvalue weighted by atomic mass is 9.99. The second kappa shape index (κ2) is 7.37. The number of rotatable bonds is 5. The van der Waals surface area contributed by atoms with E-state index in [0.717, 1.165) is 12.8 Å². The van der Waals surface area contributed by atoms with Gasteiger partial charge < -0.3 is 5.21 Å². The van der Waals surface area contributed by atoms with Crippen LogP contribution in [0, 0.1) is 22.5 Å². The highest BCUT2D eigenvalue weighted by atomic mass is 16.5. The summed E-state index contributed by atoms with van der Waals surface area (Å²) in [6, 6.07) is 16.1. The van der Waals surface area contributed by atoms with Crippen molar-refractivity contribution in [2.24, 2.45) is 11.0 Å². The highest BCUT2D eigenvalue weighted by Gasteiger charge is 2.06. The summed E-state index contributed by atoms with van der Waals surface area (Å²) in [5.74, 6) is 0.637. The van der Waals surface area contributed by atoms with Crippen LogP contribution in [-0.2, 0) is 6.42 Å². The molecule has 0 bridgehead atoms. The summed E-state index contributed by atoms with van der Waals surface area (Å²) >= 11 is 0. The van der Waals surface area contributed by atoms with Gasteiger partial charge in [0, 0.05) is 17.2 Å². The van der Waals surface area contributed by atoms with Gasteiger partial charge in [-0.05, 0) is 42.2 Å². The molecule has 4 nitrogen and oxygen atoms in total. The Morgan fingerprint density at radius 2 is 1.77 bits per heavy atom. The predicted molar refractivity (Wildman–Crippen MR) is 86.1 cm³/mol. The van der Waals surface area contributed by atoms with Gasteiger partial charge in [-0.3, -0.25) is 0 Å². The first-order valence-corrected chi connectivity index (χ1v) is 7.40. The Morgan fingerprint density at radius 3 is 2.32 bits per heavy atom. The van der Waals surface area contributed by atoms with Crippen molar-refractivity contribution in [3.63, 3.8) is 0 Å². The second-order valence-electron chi connectivity index (χ2n) is 5.42. The van der Waals surface area contributed by atoms with Crippen molar-refractivity contribution in [1.82, 2.24) is 0 Å². The first-order valence-electron chi connectivity index (χ1n) is 7.40. The molecule has 0 unspecified atom stereocenters. The van der Waals surface area contributed by atoms with Gasteiger partial charge in [-0.25, -0.2) is 0 Å². The fourth-order valence-electron chi connectivity index (χ4n) is 2.07. The van der Waals surface area contributed by atoms with Crippen LogP contribution in [0.5, 0.6) is 0 Å². The SMILES string of the molecule is CC[C@@H](C)Cc1ccc([N+]([O-])=Nc2ccc(C#N)cc2)cc1. The molecular weight excluding hydrogens is 274 g/mol. The van der Waals surface area contributed by atoms with Crippen LogP contribution in [0.3, 0.4) is 0 Å². The van der Waals surface area contributed by atoms with Gasteiger partial charge in [0.15, 0.2) is 0 Å². The fourth-order valence-corrected chi connectivity index (χ4v) is 2.07. The van der Waals surface area contributed by atoms with E-state index >= 15 is 0 Å². The molecule has 22 heavy (non-hydrogen) atoms. The van der Waals surface area contributed by atoms with Gasteiger partial charge in [0.25, 0.3) is 0 Å². The summed E-state index contributed by atoms with van der Waals surface area (Å²) in [6.07, 6.45) is 2.16. The Bertz CT molecular complexity index is 682. The van der Waals surface area contributed by atoms with E-state index in [1.807, 2.05) is 18.2 Å². The van der Waals surface area contributed by atoms with Crippen molar-refractivity contribution < 1.29 is 4.86 Å². The maximum Gasteiger partial charge on any atom is 0.244 e. The molecule has 0 N–H and O–H groups in total. The van der Waals surface area contributed by atoms with Crippen molar-refractivity contribution in [2.45, 2.75) is 26.7 Å². The molecule has 1 atom stereocenters. The molecule has 112 valence electrons. The van der Waals surface area contributed by atoms with Crippen LogP contribution in [0.25, 0.3) is 0 Å². The largest absolute Gasteiger partial charge is 0.594 e. The summed E-state index contributed by atoms with van der Waals surface area (Å²) in [7, 11) is 0. The number of benzene rings is 2. The number of nitrogens with zero attached hydrogens (tertiary/aromatic N) is 3. The number of nitriles is 1. The highest BCUT2D eigenvalue weighted by Crippen LogP contribution is 2.20. The summed E-state index contributed by atoms with van der Waals surface area (Å²) in [5, 5.41) is 24.8. The van der Waals surface area contributed by atoms with E-state index in [9.17, 15) is 5.21 Å². The topological polar surface area (TPSA) is 62.2 Å². The van der Waals surface area contributed by atoms with Crippen LogP contribution in [0.15, 0.2) is 53.6 Å². The molecule has 0 amide bonds. The van der Waals surface area contributed by atoms with Crippen LogP contribution in [-0.4, -0.2) is 4.86 Å². The van der Waals surface area contributed by atoms with E-state index in [1.165, 1.54) is 5.56 Å². The minimum Gasteiger partial charge on any atom is -0.594 e. The predicted octanol–water partition coefficient (Wildman–Crippen LogP) is 5.07. The van der Waals surface area contributed by atoms with Gasteiger partial charge in [-0.1, -0.05) is 37.3 Å². The van der Waals surface area contributed by atoms with Gasteiger partial charge in [-0.15, -0.1) is 0 Å². The Kier molecular flexibility index (Phi) is 5.26. The van der Waals surface area contributed by atoms with Crippen molar-refractivity contribution in [3.8, 4) is 6.07 Å². The molecule has 0 spiro atoms. The Hall–Kier alpha value is -2.67. The third-order valence-corrected chi connectivity index (χ3v) is 3.64. The Morgan fingerprint density at radius 1 is 1.14 bits per heavy atom. The van der Waals surface area contributed by atoms with Gasteiger partial charge >= 0.3 is 0 Å². The fraction of sp³-hybridized carbons (Fsp3) is 0.278. The maximum absolute atomic E-state index is 12.0. The van der Waals surface area contributed by atoms with Crippen LogP contribution < -0.4 is 0 Å². The van der Waals surface area contributed by atoms with E-state index in [0.29, 0.717) is 27.7 Å². The smallest absolute Gasteiger partial charge is 0.244 e. The van der Waals surface area contributed by atoms with Crippen LogP contribution in [0.2, 0.25) is 0 Å². The molecule has 0 radical (unpaired) electrons. The minimum absolute atomic E-state index is 0.497. The molecular formula is C18H19N3O. The van der Waals surface area contributed by atoms with E-state index in [4.69, 9.17) is 5.26 Å². The van der Waals surface area contributed by atoms with Crippen LogP contribution in [0.4, 0.5) is 11.4 Å². The van der Waals surface area contributed by atoms with Crippen molar-refractivity contribution >= 4 is 11.4 Å². The molecule has 2 rings (SSSR count). The molecule has 2 aromatic carbocycles. The number of hydrogen-bond donors (Lipinski definition) is 0. The first kappa shape index (κ1) is 15.7. The first-order chi connectivity index (χ1) is 10.6. The summed E-state index contributed by atoms with van der Waals surface area (Å²) in [5.41, 5.74) is 2.80. The minimum atomic E-state index is 0.497. The summed E-state index contributed by atoms with van der Waals surface area (Å²) < 4.78 is 0. The van der Waals surface area contributed by atoms with Crippen molar-refractivity contribution in [2.75, 3.05) is 0 Å². The molecule has 0 heterocycles. The molecule has 0 fully saturated rings. The van der Waals surface area contributed by atoms with E-state index in [-0.39, 0.29) is 0 Å². The summed E-state index contributed by atoms with van der Waals surface area (Å²) in [6.45, 7) is 4.39. The Balaban J connectivity index is 2.12. The maximum atomic E-state index is 12.0. The summed E-state index contributed by atoms with van der Waals surface area (Å²) in [4.78, 5) is 0.606. The molecule has 0 aliphatic rings. The number of azo groups is 1. The second-order valence-corrected chi connectivity index (χ2v) is 5.42. The third-order valence-electron chi connectivity index (χ3n) is 3.64. The lowest BCUT2D eigenvalue weighted by Gasteiger charge is -2.08. The molecule has 0 saturated carbocycles. The standard InChI is InChI=1S/C18H19N3O/c1-3-14(2)12-15-6-10-18(11-7-15)21(22)20-17-8-4-16(13-19)5-9-17/h4-11,14H,3,12H2,1-2H3/t14-/m1/s1. The van der Waals surface area contributed by atoms with Crippen molar-refractivity contribution in [3.05, 3.63) is 64.9 Å². The lowest BCUT2D eigenvalue weighted by molar-refractivity contribution is -0.435. The van der Waals surface area contributed by atoms with E-state index in [1.54, 1.807) is 36.4 Å². The van der Waals surface area contributed by atoms with E-state index < -0.39 is 0 Å².